The molecule has 0 saturated heterocycles. The van der Waals surface area contributed by atoms with Crippen LogP contribution in [-0.4, -0.2) is 9.70 Å². The first-order valence-electron chi connectivity index (χ1n) is 4.06. The first-order chi connectivity index (χ1) is 7.29. The van der Waals surface area contributed by atoms with Crippen molar-refractivity contribution in [3.05, 3.63) is 35.3 Å². The van der Waals surface area contributed by atoms with Gasteiger partial charge in [0.25, 0.3) is 5.91 Å². The summed E-state index contributed by atoms with van der Waals surface area (Å²) in [6.07, 6.45) is 0. The Bertz CT molecular complexity index is 403. The number of halogens is 4. The number of primary amides is 1. The molecule has 0 atom stereocenters. The summed E-state index contributed by atoms with van der Waals surface area (Å²) >= 11 is 22.3. The van der Waals surface area contributed by atoms with E-state index in [9.17, 15) is 4.79 Å². The van der Waals surface area contributed by atoms with E-state index in [0.717, 1.165) is 0 Å². The van der Waals surface area contributed by atoms with E-state index >= 15 is 0 Å². The molecule has 0 aliphatic rings. The van der Waals surface area contributed by atoms with Gasteiger partial charge in [-0.05, 0) is 18.2 Å². The van der Waals surface area contributed by atoms with Crippen LogP contribution in [0.3, 0.4) is 0 Å². The van der Waals surface area contributed by atoms with Crippen molar-refractivity contribution in [2.45, 2.75) is 3.79 Å². The molecule has 3 nitrogen and oxygen atoms in total. The second-order valence-electron chi connectivity index (χ2n) is 2.88. The molecule has 0 bridgehead atoms. The molecule has 0 saturated carbocycles. The molecule has 0 fully saturated rings. The molecule has 0 unspecified atom stereocenters. The molecule has 0 aliphatic heterocycles. The Balaban J connectivity index is 2.91. The molecule has 1 rings (SSSR count). The average Bonchev–Trinajstić information content (AvgIpc) is 2.14. The van der Waals surface area contributed by atoms with E-state index in [2.05, 4.69) is 5.32 Å². The molecule has 1 amide bonds. The molecule has 0 aromatic heterocycles. The molecule has 3 N–H and O–H groups in total. The Hall–Kier alpha value is -0.350. The molecular formula is C9H7Cl4N2O. The third kappa shape index (κ3) is 4.26. The van der Waals surface area contributed by atoms with Crippen LogP contribution in [0.5, 0.6) is 0 Å². The van der Waals surface area contributed by atoms with Gasteiger partial charge in [-0.1, -0.05) is 46.4 Å². The Labute approximate surface area is 113 Å². The molecule has 16 heavy (non-hydrogen) atoms. The van der Waals surface area contributed by atoms with Gasteiger partial charge in [0.05, 0.1) is 12.1 Å². The van der Waals surface area contributed by atoms with Crippen LogP contribution in [0.2, 0.25) is 5.02 Å². The lowest BCUT2D eigenvalue weighted by molar-refractivity contribution is 0.100. The third-order valence-electron chi connectivity index (χ3n) is 1.64. The van der Waals surface area contributed by atoms with Gasteiger partial charge < -0.3 is 11.1 Å². The number of amides is 1. The molecule has 1 aromatic carbocycles. The number of benzene rings is 1. The summed E-state index contributed by atoms with van der Waals surface area (Å²) in [6.45, 7) is 1.20. The maximum absolute atomic E-state index is 11.1. The minimum Gasteiger partial charge on any atom is -0.375 e. The fraction of sp³-hybridized carbons (Fsp3) is 0.111. The minimum absolute atomic E-state index is 0.220. The van der Waals surface area contributed by atoms with Crippen molar-refractivity contribution >= 4 is 58.0 Å². The predicted octanol–water partition coefficient (Wildman–Crippen LogP) is 3.38. The van der Waals surface area contributed by atoms with Gasteiger partial charge in [-0.3, -0.25) is 4.79 Å². The normalized spacial score (nSPS) is 11.2. The summed E-state index contributed by atoms with van der Waals surface area (Å²) in [5.41, 5.74) is 5.81. The van der Waals surface area contributed by atoms with E-state index in [1.807, 2.05) is 0 Å². The Morgan fingerprint density at radius 1 is 1.38 bits per heavy atom. The predicted molar refractivity (Wildman–Crippen MR) is 68.2 cm³/mol. The first-order valence-corrected chi connectivity index (χ1v) is 5.58. The standard InChI is InChI=1S/C9H7Cl4N2O/c10-5-1-2-7(6(3-5)8(14)16)15-4-9(11,12)13/h1-4,15H,(H2,14,16). The highest BCUT2D eigenvalue weighted by molar-refractivity contribution is 6.68. The summed E-state index contributed by atoms with van der Waals surface area (Å²) in [4.78, 5) is 11.1. The molecule has 0 spiro atoms. The number of nitrogens with two attached hydrogens (primary N) is 1. The van der Waals surface area contributed by atoms with E-state index in [4.69, 9.17) is 52.1 Å². The maximum atomic E-state index is 11.1. The largest absolute Gasteiger partial charge is 0.375 e. The SMILES string of the molecule is NC(=O)c1cc(Cl)ccc1N[CH]C(Cl)(Cl)Cl. The summed E-state index contributed by atoms with van der Waals surface area (Å²) in [5.74, 6) is -0.622. The smallest absolute Gasteiger partial charge is 0.250 e. The number of nitrogens with one attached hydrogen (secondary N) is 1. The van der Waals surface area contributed by atoms with Crippen LogP contribution in [-0.2, 0) is 0 Å². The lowest BCUT2D eigenvalue weighted by Crippen LogP contribution is -2.16. The zero-order valence-electron chi connectivity index (χ0n) is 7.81. The molecular weight excluding hydrogens is 294 g/mol. The van der Waals surface area contributed by atoms with Gasteiger partial charge in [0.2, 0.25) is 3.79 Å². The van der Waals surface area contributed by atoms with Crippen molar-refractivity contribution in [3.63, 3.8) is 0 Å². The van der Waals surface area contributed by atoms with Crippen LogP contribution in [0.1, 0.15) is 10.4 Å². The molecule has 0 heterocycles. The van der Waals surface area contributed by atoms with E-state index in [1.54, 1.807) is 12.1 Å². The highest BCUT2D eigenvalue weighted by Crippen LogP contribution is 2.30. The zero-order valence-corrected chi connectivity index (χ0v) is 10.8. The van der Waals surface area contributed by atoms with Crippen molar-refractivity contribution in [3.8, 4) is 0 Å². The number of hydrogen-bond acceptors (Lipinski definition) is 2. The van der Waals surface area contributed by atoms with E-state index in [0.29, 0.717) is 10.7 Å². The number of rotatable bonds is 3. The van der Waals surface area contributed by atoms with Crippen LogP contribution >= 0.6 is 46.4 Å². The highest BCUT2D eigenvalue weighted by atomic mass is 35.6. The van der Waals surface area contributed by atoms with E-state index < -0.39 is 9.70 Å². The highest BCUT2D eigenvalue weighted by Gasteiger charge is 2.21. The number of anilines is 1. The molecule has 87 valence electrons. The van der Waals surface area contributed by atoms with Gasteiger partial charge in [0.15, 0.2) is 0 Å². The van der Waals surface area contributed by atoms with Gasteiger partial charge >= 0.3 is 0 Å². The topological polar surface area (TPSA) is 55.1 Å². The van der Waals surface area contributed by atoms with Crippen molar-refractivity contribution in [2.24, 2.45) is 5.73 Å². The molecule has 0 aliphatic carbocycles. The van der Waals surface area contributed by atoms with Gasteiger partial charge in [-0.15, -0.1) is 0 Å². The molecule has 1 aromatic rings. The average molecular weight is 301 g/mol. The van der Waals surface area contributed by atoms with Gasteiger partial charge in [0, 0.05) is 10.7 Å². The minimum atomic E-state index is -1.57. The second kappa shape index (κ2) is 5.32. The lowest BCUT2D eigenvalue weighted by Gasteiger charge is -2.14. The summed E-state index contributed by atoms with van der Waals surface area (Å²) in [7, 11) is 0. The van der Waals surface area contributed by atoms with Crippen LogP contribution in [0.15, 0.2) is 18.2 Å². The first kappa shape index (κ1) is 13.7. The van der Waals surface area contributed by atoms with Crippen LogP contribution < -0.4 is 11.1 Å². The fourth-order valence-electron chi connectivity index (χ4n) is 1.01. The van der Waals surface area contributed by atoms with Crippen molar-refractivity contribution in [2.75, 3.05) is 5.32 Å². The number of alkyl halides is 3. The van der Waals surface area contributed by atoms with Crippen LogP contribution in [0, 0.1) is 6.54 Å². The molecule has 1 radical (unpaired) electrons. The number of carbonyl (C=O) groups excluding carboxylic acids is 1. The second-order valence-corrected chi connectivity index (χ2v) is 5.69. The molecule has 7 heteroatoms. The number of hydrogen-bond donors (Lipinski definition) is 2. The summed E-state index contributed by atoms with van der Waals surface area (Å²) in [5, 5.41) is 3.08. The Kier molecular flexibility index (Phi) is 4.56. The monoisotopic (exact) mass is 299 g/mol. The third-order valence-corrected chi connectivity index (χ3v) is 2.20. The van der Waals surface area contributed by atoms with Gasteiger partial charge in [0.1, 0.15) is 0 Å². The van der Waals surface area contributed by atoms with Crippen molar-refractivity contribution < 1.29 is 4.79 Å². The van der Waals surface area contributed by atoms with Gasteiger partial charge in [-0.2, -0.15) is 0 Å². The van der Waals surface area contributed by atoms with Gasteiger partial charge in [-0.25, -0.2) is 0 Å². The van der Waals surface area contributed by atoms with Crippen molar-refractivity contribution in [1.82, 2.24) is 0 Å². The number of carbonyl (C=O) groups is 1. The zero-order chi connectivity index (χ0) is 12.3. The maximum Gasteiger partial charge on any atom is 0.250 e. The summed E-state index contributed by atoms with van der Waals surface area (Å²) < 4.78 is -1.57. The van der Waals surface area contributed by atoms with E-state index in [-0.39, 0.29) is 5.56 Å². The Morgan fingerprint density at radius 2 is 2.00 bits per heavy atom. The van der Waals surface area contributed by atoms with E-state index in [1.165, 1.54) is 12.6 Å². The van der Waals surface area contributed by atoms with Crippen LogP contribution in [0.25, 0.3) is 0 Å². The quantitative estimate of drug-likeness (QED) is 0.841. The fourth-order valence-corrected chi connectivity index (χ4v) is 1.34. The van der Waals surface area contributed by atoms with Crippen molar-refractivity contribution in [1.29, 1.82) is 0 Å². The van der Waals surface area contributed by atoms with Crippen LogP contribution in [0.4, 0.5) is 5.69 Å². The Morgan fingerprint density at radius 3 is 2.50 bits per heavy atom. The lowest BCUT2D eigenvalue weighted by atomic mass is 10.1. The summed E-state index contributed by atoms with van der Waals surface area (Å²) in [6, 6.07) is 4.58.